The van der Waals surface area contributed by atoms with Gasteiger partial charge >= 0.3 is 0 Å². The summed E-state index contributed by atoms with van der Waals surface area (Å²) in [4.78, 5) is 30.4. The Bertz CT molecular complexity index is 1530. The summed E-state index contributed by atoms with van der Waals surface area (Å²) < 4.78 is 3.28. The fourth-order valence-corrected chi connectivity index (χ4v) is 4.55. The SMILES string of the molecule is CCC(C(=O)NCCn1ncc2c(=O)n(Cc3cccc4ccccc34)cnc21)c1ccccc1. The van der Waals surface area contributed by atoms with E-state index in [0.29, 0.717) is 30.7 Å². The van der Waals surface area contributed by atoms with Gasteiger partial charge < -0.3 is 5.32 Å². The summed E-state index contributed by atoms with van der Waals surface area (Å²) in [5, 5.41) is 10.1. The van der Waals surface area contributed by atoms with E-state index in [2.05, 4.69) is 33.6 Å². The van der Waals surface area contributed by atoms with Gasteiger partial charge in [-0.2, -0.15) is 5.10 Å². The lowest BCUT2D eigenvalue weighted by atomic mass is 9.96. The molecule has 176 valence electrons. The molecule has 7 nitrogen and oxygen atoms in total. The Labute approximate surface area is 203 Å². The van der Waals surface area contributed by atoms with Crippen molar-refractivity contribution in [3.05, 3.63) is 107 Å². The number of rotatable bonds is 8. The van der Waals surface area contributed by atoms with Crippen LogP contribution in [0, 0.1) is 0 Å². The predicted molar refractivity (Wildman–Crippen MR) is 137 cm³/mol. The molecule has 5 rings (SSSR count). The van der Waals surface area contributed by atoms with Crippen molar-refractivity contribution in [2.24, 2.45) is 0 Å². The number of carbonyl (C=O) groups is 1. The van der Waals surface area contributed by atoms with Crippen LogP contribution in [-0.4, -0.2) is 31.8 Å². The molecule has 0 saturated carbocycles. The summed E-state index contributed by atoms with van der Waals surface area (Å²) in [6, 6.07) is 24.0. The van der Waals surface area contributed by atoms with Crippen LogP contribution in [0.1, 0.15) is 30.4 Å². The van der Waals surface area contributed by atoms with Gasteiger partial charge in [0.15, 0.2) is 5.65 Å². The molecule has 0 aliphatic heterocycles. The van der Waals surface area contributed by atoms with Crippen molar-refractivity contribution in [2.75, 3.05) is 6.54 Å². The van der Waals surface area contributed by atoms with Gasteiger partial charge in [-0.1, -0.05) is 79.7 Å². The van der Waals surface area contributed by atoms with Crippen LogP contribution in [0.5, 0.6) is 0 Å². The first-order valence-electron chi connectivity index (χ1n) is 11.9. The lowest BCUT2D eigenvalue weighted by Gasteiger charge is -2.15. The summed E-state index contributed by atoms with van der Waals surface area (Å²) >= 11 is 0. The van der Waals surface area contributed by atoms with Crippen LogP contribution < -0.4 is 10.9 Å². The first-order chi connectivity index (χ1) is 17.2. The van der Waals surface area contributed by atoms with Crippen LogP contribution in [0.25, 0.3) is 21.8 Å². The van der Waals surface area contributed by atoms with Crippen molar-refractivity contribution in [1.82, 2.24) is 24.6 Å². The van der Waals surface area contributed by atoms with Crippen molar-refractivity contribution in [2.45, 2.75) is 32.4 Å². The third-order valence-electron chi connectivity index (χ3n) is 6.39. The fraction of sp³-hybridized carbons (Fsp3) is 0.214. The average Bonchev–Trinajstić information content (AvgIpc) is 3.31. The van der Waals surface area contributed by atoms with Crippen LogP contribution in [-0.2, 0) is 17.9 Å². The number of hydrogen-bond donors (Lipinski definition) is 1. The van der Waals surface area contributed by atoms with Crippen LogP contribution in [0.4, 0.5) is 0 Å². The summed E-state index contributed by atoms with van der Waals surface area (Å²) in [6.07, 6.45) is 3.86. The minimum Gasteiger partial charge on any atom is -0.354 e. The van der Waals surface area contributed by atoms with Gasteiger partial charge in [0.05, 0.1) is 25.2 Å². The number of fused-ring (bicyclic) bond motifs is 2. The summed E-state index contributed by atoms with van der Waals surface area (Å²) in [5.41, 5.74) is 2.46. The first kappa shape index (κ1) is 22.5. The molecule has 2 aromatic heterocycles. The zero-order chi connectivity index (χ0) is 24.2. The highest BCUT2D eigenvalue weighted by Crippen LogP contribution is 2.20. The average molecular weight is 466 g/mol. The van der Waals surface area contributed by atoms with E-state index < -0.39 is 0 Å². The number of aromatic nitrogens is 4. The maximum atomic E-state index is 13.1. The van der Waals surface area contributed by atoms with Crippen LogP contribution in [0.2, 0.25) is 0 Å². The maximum Gasteiger partial charge on any atom is 0.264 e. The Morgan fingerprint density at radius 1 is 0.971 bits per heavy atom. The lowest BCUT2D eigenvalue weighted by molar-refractivity contribution is -0.122. The zero-order valence-electron chi connectivity index (χ0n) is 19.6. The highest BCUT2D eigenvalue weighted by molar-refractivity contribution is 5.85. The molecule has 0 spiro atoms. The molecule has 3 aromatic carbocycles. The van der Waals surface area contributed by atoms with E-state index in [-0.39, 0.29) is 17.4 Å². The molecule has 1 N–H and O–H groups in total. The van der Waals surface area contributed by atoms with Gasteiger partial charge in [-0.25, -0.2) is 9.67 Å². The molecular formula is C28H27N5O2. The quantitative estimate of drug-likeness (QED) is 0.374. The van der Waals surface area contributed by atoms with Crippen molar-refractivity contribution in [3.8, 4) is 0 Å². The monoisotopic (exact) mass is 465 g/mol. The maximum absolute atomic E-state index is 13.1. The van der Waals surface area contributed by atoms with Gasteiger partial charge in [-0.05, 0) is 28.3 Å². The van der Waals surface area contributed by atoms with Gasteiger partial charge in [0.25, 0.3) is 5.56 Å². The second kappa shape index (κ2) is 9.93. The standard InChI is InChI=1S/C28H27N5O2/c1-2-23(20-9-4-3-5-10-20)27(34)29-15-16-33-26-25(17-31-33)28(35)32(19-30-26)18-22-13-8-12-21-11-6-7-14-24(21)22/h3-14,17,19,23H,2,15-16,18H2,1H3,(H,29,34). The Balaban J connectivity index is 1.30. The largest absolute Gasteiger partial charge is 0.354 e. The Morgan fingerprint density at radius 3 is 2.57 bits per heavy atom. The van der Waals surface area contributed by atoms with Gasteiger partial charge in [-0.3, -0.25) is 14.2 Å². The van der Waals surface area contributed by atoms with Crippen LogP contribution in [0.3, 0.4) is 0 Å². The highest BCUT2D eigenvalue weighted by atomic mass is 16.2. The normalized spacial score (nSPS) is 12.1. The summed E-state index contributed by atoms with van der Waals surface area (Å²) in [6.45, 7) is 3.27. The van der Waals surface area contributed by atoms with Crippen LogP contribution in [0.15, 0.2) is 90.1 Å². The molecule has 1 unspecified atom stereocenters. The Kier molecular flexibility index (Phi) is 6.39. The van der Waals surface area contributed by atoms with Crippen molar-refractivity contribution in [1.29, 1.82) is 0 Å². The van der Waals surface area contributed by atoms with Crippen LogP contribution >= 0.6 is 0 Å². The zero-order valence-corrected chi connectivity index (χ0v) is 19.6. The lowest BCUT2D eigenvalue weighted by Crippen LogP contribution is -2.32. The van der Waals surface area contributed by atoms with Gasteiger partial charge in [0.1, 0.15) is 11.7 Å². The van der Waals surface area contributed by atoms with E-state index in [4.69, 9.17) is 0 Å². The van der Waals surface area contributed by atoms with Crippen molar-refractivity contribution in [3.63, 3.8) is 0 Å². The molecule has 0 saturated heterocycles. The van der Waals surface area contributed by atoms with E-state index in [1.54, 1.807) is 21.8 Å². The number of nitrogens with one attached hydrogen (secondary N) is 1. The highest BCUT2D eigenvalue weighted by Gasteiger charge is 2.18. The summed E-state index contributed by atoms with van der Waals surface area (Å²) in [5.74, 6) is -0.203. The van der Waals surface area contributed by atoms with Gasteiger partial charge in [0, 0.05) is 6.54 Å². The first-order valence-corrected chi connectivity index (χ1v) is 11.9. The van der Waals surface area contributed by atoms with E-state index in [1.165, 1.54) is 0 Å². The van der Waals surface area contributed by atoms with E-state index in [1.807, 2.05) is 61.5 Å². The third-order valence-corrected chi connectivity index (χ3v) is 6.39. The molecule has 0 aliphatic carbocycles. The van der Waals surface area contributed by atoms with Crippen molar-refractivity contribution < 1.29 is 4.79 Å². The molecule has 1 amide bonds. The van der Waals surface area contributed by atoms with E-state index in [9.17, 15) is 9.59 Å². The molecule has 7 heteroatoms. The summed E-state index contributed by atoms with van der Waals surface area (Å²) in [7, 11) is 0. The molecule has 0 fully saturated rings. The number of amides is 1. The van der Waals surface area contributed by atoms with E-state index >= 15 is 0 Å². The number of carbonyl (C=O) groups excluding carboxylic acids is 1. The van der Waals surface area contributed by atoms with Gasteiger partial charge in [-0.15, -0.1) is 0 Å². The minimum atomic E-state index is -0.190. The molecule has 2 heterocycles. The third kappa shape index (κ3) is 4.57. The molecule has 5 aromatic rings. The molecule has 35 heavy (non-hydrogen) atoms. The smallest absolute Gasteiger partial charge is 0.264 e. The molecular weight excluding hydrogens is 438 g/mol. The number of hydrogen-bond acceptors (Lipinski definition) is 4. The van der Waals surface area contributed by atoms with Gasteiger partial charge in [0.2, 0.25) is 5.91 Å². The second-order valence-electron chi connectivity index (χ2n) is 8.58. The molecule has 0 aliphatic rings. The van der Waals surface area contributed by atoms with Crippen molar-refractivity contribution >= 4 is 27.7 Å². The predicted octanol–water partition coefficient (Wildman–Crippen LogP) is 4.10. The molecule has 1 atom stereocenters. The Morgan fingerprint density at radius 2 is 1.74 bits per heavy atom. The fourth-order valence-electron chi connectivity index (χ4n) is 4.55. The molecule has 0 bridgehead atoms. The topological polar surface area (TPSA) is 81.8 Å². The number of nitrogens with zero attached hydrogens (tertiary/aromatic N) is 4. The number of benzene rings is 3. The Hall–Kier alpha value is -4.26. The second-order valence-corrected chi connectivity index (χ2v) is 8.58. The van der Waals surface area contributed by atoms with E-state index in [0.717, 1.165) is 28.3 Å². The molecule has 0 radical (unpaired) electrons. The minimum absolute atomic E-state index is 0.0134.